The van der Waals surface area contributed by atoms with Crippen LogP contribution in [0.25, 0.3) is 0 Å². The monoisotopic (exact) mass is 172 g/mol. The summed E-state index contributed by atoms with van der Waals surface area (Å²) >= 11 is 0.908. The Morgan fingerprint density at radius 2 is 2.18 bits per heavy atom. The smallest absolute Gasteiger partial charge is 0.177 e. The summed E-state index contributed by atoms with van der Waals surface area (Å²) in [5.74, 6) is -0.0352. The van der Waals surface area contributed by atoms with Crippen LogP contribution in [-0.2, 0) is 0 Å². The SMILES string of the molecule is CC(C)C(=O)c1ccc(F)s1. The first-order valence-corrected chi connectivity index (χ1v) is 4.22. The minimum atomic E-state index is -0.297. The Balaban J connectivity index is 2.85. The molecule has 3 heteroatoms. The first-order valence-electron chi connectivity index (χ1n) is 3.41. The number of hydrogen-bond acceptors (Lipinski definition) is 2. The van der Waals surface area contributed by atoms with Gasteiger partial charge in [0.2, 0.25) is 0 Å². The number of carbonyl (C=O) groups excluding carboxylic acids is 1. The Labute approximate surface area is 68.9 Å². The molecule has 11 heavy (non-hydrogen) atoms. The van der Waals surface area contributed by atoms with Crippen molar-refractivity contribution in [2.75, 3.05) is 0 Å². The number of halogens is 1. The molecular weight excluding hydrogens is 163 g/mol. The number of hydrogen-bond donors (Lipinski definition) is 0. The standard InChI is InChI=1S/C8H9FOS/c1-5(2)8(10)6-3-4-7(9)11-6/h3-5H,1-2H3. The highest BCUT2D eigenvalue weighted by molar-refractivity contribution is 7.12. The maximum absolute atomic E-state index is 12.4. The van der Waals surface area contributed by atoms with Gasteiger partial charge in [-0.1, -0.05) is 13.8 Å². The zero-order valence-corrected chi connectivity index (χ0v) is 7.24. The summed E-state index contributed by atoms with van der Waals surface area (Å²) in [4.78, 5) is 11.7. The highest BCUT2D eigenvalue weighted by Gasteiger charge is 2.12. The topological polar surface area (TPSA) is 17.1 Å². The minimum absolute atomic E-state index is 0.0129. The molecule has 1 rings (SSSR count). The average Bonchev–Trinajstić information content (AvgIpc) is 2.34. The van der Waals surface area contributed by atoms with Gasteiger partial charge in [-0.2, -0.15) is 4.39 Å². The average molecular weight is 172 g/mol. The van der Waals surface area contributed by atoms with Crippen LogP contribution in [0.3, 0.4) is 0 Å². The van der Waals surface area contributed by atoms with Crippen LogP contribution in [-0.4, -0.2) is 5.78 Å². The fourth-order valence-corrected chi connectivity index (χ4v) is 1.55. The molecule has 0 fully saturated rings. The van der Waals surface area contributed by atoms with Crippen molar-refractivity contribution in [2.24, 2.45) is 5.92 Å². The van der Waals surface area contributed by atoms with Crippen LogP contribution in [0.2, 0.25) is 0 Å². The third-order valence-electron chi connectivity index (χ3n) is 1.34. The molecule has 0 saturated heterocycles. The summed E-state index contributed by atoms with van der Waals surface area (Å²) in [6, 6.07) is 2.85. The number of thiophene rings is 1. The highest BCUT2D eigenvalue weighted by atomic mass is 32.1. The molecule has 0 aliphatic carbocycles. The third kappa shape index (κ3) is 1.87. The van der Waals surface area contributed by atoms with Crippen LogP contribution in [0.5, 0.6) is 0 Å². The van der Waals surface area contributed by atoms with Crippen molar-refractivity contribution < 1.29 is 9.18 Å². The van der Waals surface area contributed by atoms with Crippen LogP contribution < -0.4 is 0 Å². The predicted octanol–water partition coefficient (Wildman–Crippen LogP) is 2.73. The van der Waals surface area contributed by atoms with E-state index in [2.05, 4.69) is 0 Å². The molecule has 0 amide bonds. The van der Waals surface area contributed by atoms with Crippen molar-refractivity contribution in [3.8, 4) is 0 Å². The van der Waals surface area contributed by atoms with Crippen LogP contribution in [0.15, 0.2) is 12.1 Å². The summed E-state index contributed by atoms with van der Waals surface area (Å²) in [6.45, 7) is 3.61. The van der Waals surface area contributed by atoms with E-state index in [1.165, 1.54) is 12.1 Å². The Hall–Kier alpha value is -0.700. The van der Waals surface area contributed by atoms with Crippen molar-refractivity contribution in [1.29, 1.82) is 0 Å². The molecule has 0 aromatic carbocycles. The molecule has 0 atom stereocenters. The van der Waals surface area contributed by atoms with Crippen molar-refractivity contribution in [3.05, 3.63) is 22.1 Å². The van der Waals surface area contributed by atoms with E-state index in [1.807, 2.05) is 0 Å². The zero-order chi connectivity index (χ0) is 8.43. The normalized spacial score (nSPS) is 10.5. The van der Waals surface area contributed by atoms with E-state index in [0.717, 1.165) is 11.3 Å². The molecular formula is C8H9FOS. The van der Waals surface area contributed by atoms with Gasteiger partial charge in [0, 0.05) is 5.92 Å². The first kappa shape index (κ1) is 8.40. The molecule has 0 spiro atoms. The molecule has 0 unspecified atom stereocenters. The van der Waals surface area contributed by atoms with Gasteiger partial charge < -0.3 is 0 Å². The van der Waals surface area contributed by atoms with Gasteiger partial charge in [-0.25, -0.2) is 0 Å². The Morgan fingerprint density at radius 3 is 2.55 bits per heavy atom. The summed E-state index contributed by atoms with van der Waals surface area (Å²) in [5.41, 5.74) is 0. The Kier molecular flexibility index (Phi) is 2.39. The molecule has 1 nitrogen and oxygen atoms in total. The molecule has 1 aromatic rings. The lowest BCUT2D eigenvalue weighted by atomic mass is 10.1. The number of Topliss-reactive ketones (excluding diaryl/α,β-unsaturated/α-hetero) is 1. The van der Waals surface area contributed by atoms with E-state index < -0.39 is 0 Å². The van der Waals surface area contributed by atoms with Crippen LogP contribution in [0, 0.1) is 11.0 Å². The van der Waals surface area contributed by atoms with E-state index in [9.17, 15) is 9.18 Å². The molecule has 1 heterocycles. The molecule has 0 saturated carbocycles. The molecule has 0 radical (unpaired) electrons. The Bertz CT molecular complexity index is 265. The fraction of sp³-hybridized carbons (Fsp3) is 0.375. The number of carbonyl (C=O) groups is 1. The van der Waals surface area contributed by atoms with Crippen LogP contribution in [0.4, 0.5) is 4.39 Å². The molecule has 0 N–H and O–H groups in total. The number of ketones is 1. The van der Waals surface area contributed by atoms with Gasteiger partial charge in [-0.15, -0.1) is 11.3 Å². The largest absolute Gasteiger partial charge is 0.293 e. The van der Waals surface area contributed by atoms with Crippen molar-refractivity contribution in [2.45, 2.75) is 13.8 Å². The van der Waals surface area contributed by atoms with Crippen molar-refractivity contribution >= 4 is 17.1 Å². The summed E-state index contributed by atoms with van der Waals surface area (Å²) in [7, 11) is 0. The lowest BCUT2D eigenvalue weighted by molar-refractivity contribution is 0.0943. The molecule has 0 aliphatic heterocycles. The van der Waals surface area contributed by atoms with Crippen molar-refractivity contribution in [3.63, 3.8) is 0 Å². The van der Waals surface area contributed by atoms with E-state index in [-0.39, 0.29) is 16.8 Å². The highest BCUT2D eigenvalue weighted by Crippen LogP contribution is 2.17. The Morgan fingerprint density at radius 1 is 1.55 bits per heavy atom. The molecule has 0 bridgehead atoms. The molecule has 1 aromatic heterocycles. The van der Waals surface area contributed by atoms with Crippen molar-refractivity contribution in [1.82, 2.24) is 0 Å². The van der Waals surface area contributed by atoms with Gasteiger partial charge in [0.15, 0.2) is 10.9 Å². The molecule has 60 valence electrons. The maximum Gasteiger partial charge on any atom is 0.177 e. The predicted molar refractivity (Wildman–Crippen MR) is 43.4 cm³/mol. The summed E-state index contributed by atoms with van der Waals surface area (Å²) in [6.07, 6.45) is 0. The molecule has 0 aliphatic rings. The second-order valence-corrected chi connectivity index (χ2v) is 3.66. The second-order valence-electron chi connectivity index (χ2n) is 2.62. The van der Waals surface area contributed by atoms with Gasteiger partial charge in [0.05, 0.1) is 4.88 Å². The van der Waals surface area contributed by atoms with Crippen LogP contribution >= 0.6 is 11.3 Å². The fourth-order valence-electron chi connectivity index (χ4n) is 0.731. The van der Waals surface area contributed by atoms with Gasteiger partial charge in [-0.3, -0.25) is 4.79 Å². The second kappa shape index (κ2) is 3.13. The summed E-state index contributed by atoms with van der Waals surface area (Å²) < 4.78 is 12.4. The first-order chi connectivity index (χ1) is 5.11. The lowest BCUT2D eigenvalue weighted by Crippen LogP contribution is -2.04. The third-order valence-corrected chi connectivity index (χ3v) is 2.23. The van der Waals surface area contributed by atoms with E-state index in [1.54, 1.807) is 13.8 Å². The maximum atomic E-state index is 12.4. The number of rotatable bonds is 2. The minimum Gasteiger partial charge on any atom is -0.293 e. The van der Waals surface area contributed by atoms with E-state index in [4.69, 9.17) is 0 Å². The summed E-state index contributed by atoms with van der Waals surface area (Å²) in [5, 5.41) is -0.297. The quantitative estimate of drug-likeness (QED) is 0.627. The van der Waals surface area contributed by atoms with Gasteiger partial charge in [0.1, 0.15) is 0 Å². The van der Waals surface area contributed by atoms with E-state index >= 15 is 0 Å². The van der Waals surface area contributed by atoms with Gasteiger partial charge >= 0.3 is 0 Å². The van der Waals surface area contributed by atoms with Gasteiger partial charge in [-0.05, 0) is 12.1 Å². The van der Waals surface area contributed by atoms with Gasteiger partial charge in [0.25, 0.3) is 0 Å². The lowest BCUT2D eigenvalue weighted by Gasteiger charge is -1.98. The van der Waals surface area contributed by atoms with Crippen LogP contribution in [0.1, 0.15) is 23.5 Å². The zero-order valence-electron chi connectivity index (χ0n) is 6.43. The van der Waals surface area contributed by atoms with E-state index in [0.29, 0.717) is 4.88 Å².